The molecule has 0 aliphatic carbocycles. The Balaban J connectivity index is 0.000000438. The first kappa shape index (κ1) is 38.8. The Morgan fingerprint density at radius 2 is 1.52 bits per heavy atom. The number of aromatic nitrogens is 5. The minimum absolute atomic E-state index is 0.0666. The van der Waals surface area contributed by atoms with Crippen molar-refractivity contribution < 1.29 is 40.4 Å². The number of nitriles is 1. The van der Waals surface area contributed by atoms with E-state index in [-0.39, 0.29) is 4.90 Å². The number of nitrogens with zero attached hydrogens (tertiary/aromatic N) is 6. The second-order valence-electron chi connectivity index (χ2n) is 11.7. The predicted molar refractivity (Wildman–Crippen MR) is 185 cm³/mol. The highest BCUT2D eigenvalue weighted by Gasteiger charge is 2.58. The number of rotatable bonds is 9. The van der Waals surface area contributed by atoms with Crippen LogP contribution in [0.3, 0.4) is 0 Å². The van der Waals surface area contributed by atoms with Crippen molar-refractivity contribution in [3.8, 4) is 23.7 Å². The number of alkyl halides is 2. The van der Waals surface area contributed by atoms with Crippen LogP contribution >= 0.6 is 0 Å². The zero-order chi connectivity index (χ0) is 38.9. The van der Waals surface area contributed by atoms with Crippen LogP contribution in [0.25, 0.3) is 0 Å². The third kappa shape index (κ3) is 9.50. The largest absolute Gasteiger partial charge is 0.489 e. The highest BCUT2D eigenvalue weighted by atomic mass is 32.2. The second-order valence-corrected chi connectivity index (χ2v) is 13.1. The third-order valence-electron chi connectivity index (χ3n) is 7.78. The van der Waals surface area contributed by atoms with E-state index >= 15 is 8.78 Å². The zero-order valence-corrected chi connectivity index (χ0v) is 28.9. The Morgan fingerprint density at radius 3 is 2.09 bits per heavy atom. The smallest absolute Gasteiger partial charge is 0.323 e. The van der Waals surface area contributed by atoms with Crippen LogP contribution in [0.2, 0.25) is 0 Å². The minimum Gasteiger partial charge on any atom is -0.489 e. The van der Waals surface area contributed by atoms with E-state index < -0.39 is 51.1 Å². The Labute approximate surface area is 306 Å². The summed E-state index contributed by atoms with van der Waals surface area (Å²) in [5, 5.41) is 30.3. The molecule has 6 rings (SSSR count). The van der Waals surface area contributed by atoms with Crippen molar-refractivity contribution in [3.05, 3.63) is 166 Å². The van der Waals surface area contributed by atoms with Crippen LogP contribution in [0.1, 0.15) is 39.1 Å². The van der Waals surface area contributed by atoms with Crippen molar-refractivity contribution in [1.82, 2.24) is 25.2 Å². The molecule has 0 bridgehead atoms. The van der Waals surface area contributed by atoms with E-state index in [2.05, 4.69) is 38.4 Å². The third-order valence-corrected chi connectivity index (χ3v) is 8.64. The van der Waals surface area contributed by atoms with E-state index in [9.17, 15) is 22.3 Å². The van der Waals surface area contributed by atoms with Crippen molar-refractivity contribution in [2.45, 2.75) is 36.5 Å². The minimum atomic E-state index is -4.17. The highest BCUT2D eigenvalue weighted by molar-refractivity contribution is 7.85. The van der Waals surface area contributed by atoms with Gasteiger partial charge < -0.3 is 9.84 Å². The quantitative estimate of drug-likeness (QED) is 0.0999. The molecule has 0 saturated carbocycles. The Kier molecular flexibility index (Phi) is 11.8. The van der Waals surface area contributed by atoms with Crippen LogP contribution in [0.15, 0.2) is 121 Å². The van der Waals surface area contributed by atoms with E-state index in [1.807, 2.05) is 19.1 Å². The van der Waals surface area contributed by atoms with Crippen LogP contribution in [-0.2, 0) is 34.8 Å². The summed E-state index contributed by atoms with van der Waals surface area (Å²) in [6, 6.07) is 26.2. The number of halogens is 4. The normalized spacial score (nSPS) is 12.3. The van der Waals surface area contributed by atoms with Gasteiger partial charge in [-0.15, -0.1) is 5.10 Å². The Bertz CT molecular complexity index is 2420. The van der Waals surface area contributed by atoms with Crippen molar-refractivity contribution >= 4 is 10.1 Å². The van der Waals surface area contributed by atoms with Crippen molar-refractivity contribution in [1.29, 1.82) is 5.26 Å². The number of hydrogen-bond acceptors (Lipinski definition) is 9. The molecule has 54 heavy (non-hydrogen) atoms. The fourth-order valence-corrected chi connectivity index (χ4v) is 5.34. The number of benzene rings is 4. The molecule has 0 aliphatic rings. The van der Waals surface area contributed by atoms with Gasteiger partial charge in [-0.1, -0.05) is 41.7 Å². The number of pyridine rings is 1. The molecule has 2 aromatic heterocycles. The first-order chi connectivity index (χ1) is 25.7. The van der Waals surface area contributed by atoms with E-state index in [0.717, 1.165) is 46.5 Å². The number of ether oxygens (including phenoxy) is 1. The van der Waals surface area contributed by atoms with Gasteiger partial charge in [0, 0.05) is 29.0 Å². The fraction of sp³-hybridized carbons (Fsp3) is 0.132. The maximum atomic E-state index is 15.9. The summed E-state index contributed by atoms with van der Waals surface area (Å²) in [6.45, 7) is 1.21. The van der Waals surface area contributed by atoms with Gasteiger partial charge in [0.15, 0.2) is 5.60 Å². The zero-order valence-electron chi connectivity index (χ0n) is 28.1. The lowest BCUT2D eigenvalue weighted by Gasteiger charge is -2.35. The molecular formula is C38H28F4N6O5S. The van der Waals surface area contributed by atoms with E-state index in [1.54, 1.807) is 48.5 Å². The Hall–Kier alpha value is -6.46. The number of aliphatic hydroxyl groups is 1. The van der Waals surface area contributed by atoms with Gasteiger partial charge in [-0.2, -0.15) is 22.5 Å². The molecule has 0 spiro atoms. The van der Waals surface area contributed by atoms with E-state index in [0.29, 0.717) is 35.1 Å². The lowest BCUT2D eigenvalue weighted by Crippen LogP contribution is -2.48. The second kappa shape index (κ2) is 16.5. The lowest BCUT2D eigenvalue weighted by molar-refractivity contribution is -0.207. The van der Waals surface area contributed by atoms with Crippen LogP contribution in [0.5, 0.6) is 5.75 Å². The van der Waals surface area contributed by atoms with Gasteiger partial charge in [0.05, 0.1) is 23.1 Å². The summed E-state index contributed by atoms with van der Waals surface area (Å²) in [5.74, 6) is -0.196. The standard InChI is InChI=1S/C31H20F4N6O2.C7H8O3S/c32-25-10-13-27(28(33)15-25)30(42,19-41-20-38-39-40-41)31(34,35)29-14-9-23(17-37-29)4-1-21-7-11-26(12-8-21)43-18-24-5-2-22(16-36)3-6-24;1-6-2-4-7(5-3-6)11(8,9)10/h2-3,5-15,17,20,42H,18-19H2;2-5H,1H3,(H,8,9,10). The molecule has 2 heterocycles. The molecule has 2 N–H and O–H groups in total. The molecular weight excluding hydrogens is 729 g/mol. The van der Waals surface area contributed by atoms with Gasteiger partial charge in [-0.25, -0.2) is 13.5 Å². The Morgan fingerprint density at radius 1 is 0.870 bits per heavy atom. The molecule has 0 aliphatic heterocycles. The van der Waals surface area contributed by atoms with Crippen LogP contribution in [0, 0.1) is 41.7 Å². The summed E-state index contributed by atoms with van der Waals surface area (Å²) >= 11 is 0. The van der Waals surface area contributed by atoms with E-state index in [1.165, 1.54) is 18.2 Å². The van der Waals surface area contributed by atoms with Crippen molar-refractivity contribution in [3.63, 3.8) is 0 Å². The molecule has 0 fully saturated rings. The molecule has 274 valence electrons. The number of aryl methyl sites for hydroxylation is 1. The number of hydrogen-bond donors (Lipinski definition) is 2. The topological polar surface area (TPSA) is 164 Å². The van der Waals surface area contributed by atoms with Gasteiger partial charge in [-0.05, 0) is 95.7 Å². The molecule has 6 aromatic rings. The SMILES string of the molecule is Cc1ccc(S(=O)(=O)O)cc1.N#Cc1ccc(COc2ccc(C#Cc3ccc(C(F)(F)C(O)(Cn4cnnn4)c4ccc(F)cc4F)nc3)cc2)cc1. The van der Waals surface area contributed by atoms with Crippen LogP contribution in [-0.4, -0.2) is 43.3 Å². The molecule has 0 saturated heterocycles. The molecule has 1 unspecified atom stereocenters. The van der Waals surface area contributed by atoms with Crippen LogP contribution in [0.4, 0.5) is 17.6 Å². The summed E-state index contributed by atoms with van der Waals surface area (Å²) in [5.41, 5.74) is -1.61. The highest BCUT2D eigenvalue weighted by Crippen LogP contribution is 2.46. The molecule has 11 nitrogen and oxygen atoms in total. The van der Waals surface area contributed by atoms with E-state index in [4.69, 9.17) is 14.6 Å². The average Bonchev–Trinajstić information content (AvgIpc) is 3.67. The first-order valence-electron chi connectivity index (χ1n) is 15.7. The predicted octanol–water partition coefficient (Wildman–Crippen LogP) is 6.12. The van der Waals surface area contributed by atoms with Gasteiger partial charge in [0.2, 0.25) is 0 Å². The summed E-state index contributed by atoms with van der Waals surface area (Å²) < 4.78 is 96.0. The monoisotopic (exact) mass is 756 g/mol. The van der Waals surface area contributed by atoms with Gasteiger partial charge in [0.1, 0.15) is 36.0 Å². The lowest BCUT2D eigenvalue weighted by atomic mass is 9.84. The fourth-order valence-electron chi connectivity index (χ4n) is 4.86. The van der Waals surface area contributed by atoms with Gasteiger partial charge in [0.25, 0.3) is 10.1 Å². The summed E-state index contributed by atoms with van der Waals surface area (Å²) in [4.78, 5) is 3.73. The molecule has 0 radical (unpaired) electrons. The average molecular weight is 757 g/mol. The summed E-state index contributed by atoms with van der Waals surface area (Å²) in [6.07, 6.45) is 2.08. The molecule has 0 amide bonds. The van der Waals surface area contributed by atoms with Gasteiger partial charge >= 0.3 is 5.92 Å². The van der Waals surface area contributed by atoms with Gasteiger partial charge in [-0.3, -0.25) is 9.54 Å². The maximum absolute atomic E-state index is 15.9. The summed E-state index contributed by atoms with van der Waals surface area (Å²) in [7, 11) is -4.02. The van der Waals surface area contributed by atoms with Crippen molar-refractivity contribution in [2.24, 2.45) is 0 Å². The molecule has 1 atom stereocenters. The maximum Gasteiger partial charge on any atom is 0.323 e. The molecule has 4 aromatic carbocycles. The number of tetrazole rings is 1. The van der Waals surface area contributed by atoms with Crippen LogP contribution < -0.4 is 4.74 Å². The van der Waals surface area contributed by atoms with Crippen molar-refractivity contribution in [2.75, 3.05) is 0 Å². The molecule has 16 heteroatoms. The first-order valence-corrected chi connectivity index (χ1v) is 17.1.